The van der Waals surface area contributed by atoms with Crippen molar-refractivity contribution in [3.05, 3.63) is 53.1 Å². The molecule has 0 unspecified atom stereocenters. The van der Waals surface area contributed by atoms with Gasteiger partial charge in [-0.1, -0.05) is 42.8 Å². The van der Waals surface area contributed by atoms with Gasteiger partial charge >= 0.3 is 0 Å². The zero-order chi connectivity index (χ0) is 14.4. The molecule has 0 atom stereocenters. The molecule has 2 aromatic rings. The number of halogens is 1. The van der Waals surface area contributed by atoms with E-state index in [0.717, 1.165) is 47.0 Å². The summed E-state index contributed by atoms with van der Waals surface area (Å²) in [5, 5.41) is 4.17. The minimum absolute atomic E-state index is 0.807. The van der Waals surface area contributed by atoms with E-state index in [9.17, 15) is 0 Å². The smallest absolute Gasteiger partial charge is 0.118 e. The molecule has 2 nitrogen and oxygen atoms in total. The van der Waals surface area contributed by atoms with Gasteiger partial charge in [-0.15, -0.1) is 0 Å². The van der Waals surface area contributed by atoms with Crippen LogP contribution >= 0.6 is 11.6 Å². The molecule has 106 valence electrons. The number of nitrogens with one attached hydrogen (secondary N) is 1. The SMILES string of the molecule is CCCNCc1ccc(-c2ccc(OC)cc2)cc1Cl. The Labute approximate surface area is 125 Å². The van der Waals surface area contributed by atoms with Crippen LogP contribution in [0.15, 0.2) is 42.5 Å². The van der Waals surface area contributed by atoms with Crippen molar-refractivity contribution in [3.8, 4) is 16.9 Å². The Hall–Kier alpha value is -1.51. The molecule has 0 radical (unpaired) electrons. The second-order valence-electron chi connectivity index (χ2n) is 4.71. The largest absolute Gasteiger partial charge is 0.497 e. The molecular formula is C17H20ClNO. The highest BCUT2D eigenvalue weighted by Crippen LogP contribution is 2.27. The van der Waals surface area contributed by atoms with Crippen molar-refractivity contribution in [2.75, 3.05) is 13.7 Å². The Balaban J connectivity index is 2.14. The molecule has 0 aliphatic heterocycles. The number of hydrogen-bond acceptors (Lipinski definition) is 2. The van der Waals surface area contributed by atoms with E-state index in [1.165, 1.54) is 0 Å². The first-order valence-corrected chi connectivity index (χ1v) is 7.26. The van der Waals surface area contributed by atoms with Crippen molar-refractivity contribution >= 4 is 11.6 Å². The van der Waals surface area contributed by atoms with E-state index in [4.69, 9.17) is 16.3 Å². The van der Waals surface area contributed by atoms with Crippen LogP contribution in [0.5, 0.6) is 5.75 Å². The molecular weight excluding hydrogens is 270 g/mol. The molecule has 0 saturated heterocycles. The zero-order valence-corrected chi connectivity index (χ0v) is 12.7. The fourth-order valence-corrected chi connectivity index (χ4v) is 2.30. The van der Waals surface area contributed by atoms with E-state index >= 15 is 0 Å². The average molecular weight is 290 g/mol. The second-order valence-corrected chi connectivity index (χ2v) is 5.12. The second kappa shape index (κ2) is 7.32. The standard InChI is InChI=1S/C17H20ClNO/c1-3-10-19-12-15-5-4-14(11-17(15)18)13-6-8-16(20-2)9-7-13/h4-9,11,19H,3,10,12H2,1-2H3. The van der Waals surface area contributed by atoms with E-state index in [-0.39, 0.29) is 0 Å². The summed E-state index contributed by atoms with van der Waals surface area (Å²) < 4.78 is 5.17. The van der Waals surface area contributed by atoms with Crippen LogP contribution in [0.4, 0.5) is 0 Å². The van der Waals surface area contributed by atoms with Crippen molar-refractivity contribution in [2.24, 2.45) is 0 Å². The number of ether oxygens (including phenoxy) is 1. The lowest BCUT2D eigenvalue weighted by atomic mass is 10.0. The van der Waals surface area contributed by atoms with Gasteiger partial charge in [0.15, 0.2) is 0 Å². The highest BCUT2D eigenvalue weighted by molar-refractivity contribution is 6.31. The predicted molar refractivity (Wildman–Crippen MR) is 85.4 cm³/mol. The third-order valence-electron chi connectivity index (χ3n) is 3.22. The summed E-state index contributed by atoms with van der Waals surface area (Å²) in [5.41, 5.74) is 3.40. The summed E-state index contributed by atoms with van der Waals surface area (Å²) in [7, 11) is 1.67. The van der Waals surface area contributed by atoms with Crippen molar-refractivity contribution in [3.63, 3.8) is 0 Å². The third kappa shape index (κ3) is 3.75. The van der Waals surface area contributed by atoms with Gasteiger partial charge in [0.05, 0.1) is 7.11 Å². The fourth-order valence-electron chi connectivity index (χ4n) is 2.05. The Bertz CT molecular complexity index is 551. The minimum Gasteiger partial charge on any atom is -0.497 e. The first-order chi connectivity index (χ1) is 9.74. The van der Waals surface area contributed by atoms with Gasteiger partial charge in [-0.05, 0) is 47.9 Å². The Morgan fingerprint density at radius 1 is 1.05 bits per heavy atom. The van der Waals surface area contributed by atoms with Crippen molar-refractivity contribution in [1.82, 2.24) is 5.32 Å². The summed E-state index contributed by atoms with van der Waals surface area (Å²) in [6, 6.07) is 14.2. The molecule has 0 aromatic heterocycles. The zero-order valence-electron chi connectivity index (χ0n) is 11.9. The van der Waals surface area contributed by atoms with Crippen LogP contribution in [0.3, 0.4) is 0 Å². The van der Waals surface area contributed by atoms with Gasteiger partial charge in [-0.2, -0.15) is 0 Å². The summed E-state index contributed by atoms with van der Waals surface area (Å²) >= 11 is 6.35. The molecule has 0 aliphatic rings. The monoisotopic (exact) mass is 289 g/mol. The van der Waals surface area contributed by atoms with Gasteiger partial charge in [0.1, 0.15) is 5.75 Å². The fraction of sp³-hybridized carbons (Fsp3) is 0.294. The van der Waals surface area contributed by atoms with Gasteiger partial charge in [0.25, 0.3) is 0 Å². The van der Waals surface area contributed by atoms with E-state index in [2.05, 4.69) is 24.4 Å². The molecule has 0 fully saturated rings. The van der Waals surface area contributed by atoms with E-state index in [0.29, 0.717) is 0 Å². The number of rotatable bonds is 6. The molecule has 0 heterocycles. The number of methoxy groups -OCH3 is 1. The van der Waals surface area contributed by atoms with Crippen LogP contribution in [-0.2, 0) is 6.54 Å². The van der Waals surface area contributed by atoms with Gasteiger partial charge < -0.3 is 10.1 Å². The molecule has 0 aliphatic carbocycles. The van der Waals surface area contributed by atoms with Gasteiger partial charge in [-0.3, -0.25) is 0 Å². The average Bonchev–Trinajstić information content (AvgIpc) is 2.49. The third-order valence-corrected chi connectivity index (χ3v) is 3.57. The van der Waals surface area contributed by atoms with Crippen LogP contribution in [0, 0.1) is 0 Å². The Morgan fingerprint density at radius 3 is 2.35 bits per heavy atom. The molecule has 1 N–H and O–H groups in total. The lowest BCUT2D eigenvalue weighted by Crippen LogP contribution is -2.13. The van der Waals surface area contributed by atoms with Crippen LogP contribution < -0.4 is 10.1 Å². The predicted octanol–water partition coefficient (Wildman–Crippen LogP) is 4.52. The molecule has 2 rings (SSSR count). The summed E-state index contributed by atoms with van der Waals surface area (Å²) in [4.78, 5) is 0. The normalized spacial score (nSPS) is 10.6. The van der Waals surface area contributed by atoms with Gasteiger partial charge in [-0.25, -0.2) is 0 Å². The molecule has 2 aromatic carbocycles. The van der Waals surface area contributed by atoms with E-state index in [1.54, 1.807) is 7.11 Å². The topological polar surface area (TPSA) is 21.3 Å². The number of hydrogen-bond donors (Lipinski definition) is 1. The molecule has 20 heavy (non-hydrogen) atoms. The molecule has 0 amide bonds. The Kier molecular flexibility index (Phi) is 5.45. The first-order valence-electron chi connectivity index (χ1n) is 6.88. The molecule has 0 bridgehead atoms. The van der Waals surface area contributed by atoms with Crippen molar-refractivity contribution in [1.29, 1.82) is 0 Å². The van der Waals surface area contributed by atoms with Gasteiger partial charge in [0.2, 0.25) is 0 Å². The highest BCUT2D eigenvalue weighted by Gasteiger charge is 2.04. The molecule has 0 saturated carbocycles. The Morgan fingerprint density at radius 2 is 1.75 bits per heavy atom. The van der Waals surface area contributed by atoms with Crippen molar-refractivity contribution in [2.45, 2.75) is 19.9 Å². The highest BCUT2D eigenvalue weighted by atomic mass is 35.5. The van der Waals surface area contributed by atoms with Crippen LogP contribution in [0.2, 0.25) is 5.02 Å². The maximum atomic E-state index is 6.35. The maximum absolute atomic E-state index is 6.35. The molecule has 0 spiro atoms. The number of benzene rings is 2. The lowest BCUT2D eigenvalue weighted by molar-refractivity contribution is 0.415. The summed E-state index contributed by atoms with van der Waals surface area (Å²) in [6.45, 7) is 3.98. The molecule has 3 heteroatoms. The summed E-state index contributed by atoms with van der Waals surface area (Å²) in [5.74, 6) is 0.861. The van der Waals surface area contributed by atoms with E-state index < -0.39 is 0 Å². The van der Waals surface area contributed by atoms with Crippen LogP contribution in [-0.4, -0.2) is 13.7 Å². The minimum atomic E-state index is 0.807. The lowest BCUT2D eigenvalue weighted by Gasteiger charge is -2.09. The maximum Gasteiger partial charge on any atom is 0.118 e. The first kappa shape index (κ1) is 14.9. The quantitative estimate of drug-likeness (QED) is 0.790. The van der Waals surface area contributed by atoms with Crippen molar-refractivity contribution < 1.29 is 4.74 Å². The van der Waals surface area contributed by atoms with E-state index in [1.807, 2.05) is 30.3 Å². The van der Waals surface area contributed by atoms with Gasteiger partial charge in [0, 0.05) is 11.6 Å². The summed E-state index contributed by atoms with van der Waals surface area (Å²) in [6.07, 6.45) is 1.13. The van der Waals surface area contributed by atoms with Crippen LogP contribution in [0.25, 0.3) is 11.1 Å². The van der Waals surface area contributed by atoms with Crippen LogP contribution in [0.1, 0.15) is 18.9 Å².